The van der Waals surface area contributed by atoms with Crippen LogP contribution >= 0.6 is 11.3 Å². The molecule has 5 heteroatoms. The van der Waals surface area contributed by atoms with Crippen molar-refractivity contribution in [2.75, 3.05) is 11.9 Å². The van der Waals surface area contributed by atoms with Crippen molar-refractivity contribution in [1.82, 2.24) is 4.98 Å². The summed E-state index contributed by atoms with van der Waals surface area (Å²) in [5.74, 6) is 5.69. The SMILES string of the molecule is Cc1cc(C#CCCO)cc(NC(=O)c2scnc2C)c1. The molecule has 4 nitrogen and oxygen atoms in total. The normalized spacial score (nSPS) is 9.86. The van der Waals surface area contributed by atoms with E-state index < -0.39 is 0 Å². The number of hydrogen-bond acceptors (Lipinski definition) is 4. The van der Waals surface area contributed by atoms with E-state index in [1.807, 2.05) is 32.0 Å². The van der Waals surface area contributed by atoms with E-state index in [1.165, 1.54) is 11.3 Å². The van der Waals surface area contributed by atoms with Gasteiger partial charge in [-0.2, -0.15) is 0 Å². The fourth-order valence-electron chi connectivity index (χ4n) is 1.86. The summed E-state index contributed by atoms with van der Waals surface area (Å²) in [5, 5.41) is 11.6. The van der Waals surface area contributed by atoms with Gasteiger partial charge in [0.2, 0.25) is 0 Å². The molecule has 1 aromatic carbocycles. The molecule has 0 spiro atoms. The number of nitrogens with zero attached hydrogens (tertiary/aromatic N) is 1. The molecule has 0 fully saturated rings. The molecule has 0 atom stereocenters. The van der Waals surface area contributed by atoms with Crippen molar-refractivity contribution in [3.8, 4) is 11.8 Å². The third kappa shape index (κ3) is 4.15. The van der Waals surface area contributed by atoms with Gasteiger partial charge in [0, 0.05) is 17.7 Å². The molecule has 0 unspecified atom stereocenters. The van der Waals surface area contributed by atoms with Crippen LogP contribution in [0.3, 0.4) is 0 Å². The number of amides is 1. The number of aliphatic hydroxyl groups is 1. The third-order valence-corrected chi connectivity index (χ3v) is 3.68. The monoisotopic (exact) mass is 300 g/mol. The number of carbonyl (C=O) groups excluding carboxylic acids is 1. The number of carbonyl (C=O) groups is 1. The summed E-state index contributed by atoms with van der Waals surface area (Å²) < 4.78 is 0. The number of anilines is 1. The molecule has 0 saturated carbocycles. The van der Waals surface area contributed by atoms with Crippen LogP contribution in [0.5, 0.6) is 0 Å². The van der Waals surface area contributed by atoms with Gasteiger partial charge in [-0.05, 0) is 37.6 Å². The van der Waals surface area contributed by atoms with Gasteiger partial charge < -0.3 is 10.4 Å². The number of nitrogens with one attached hydrogen (secondary N) is 1. The second-order valence-corrected chi connectivity index (χ2v) is 5.44. The Labute approximate surface area is 127 Å². The van der Waals surface area contributed by atoms with Gasteiger partial charge in [0.25, 0.3) is 5.91 Å². The van der Waals surface area contributed by atoms with Crippen molar-refractivity contribution < 1.29 is 9.90 Å². The summed E-state index contributed by atoms with van der Waals surface area (Å²) >= 11 is 1.32. The average Bonchev–Trinajstić information content (AvgIpc) is 2.85. The summed E-state index contributed by atoms with van der Waals surface area (Å²) in [6, 6.07) is 5.66. The fourth-order valence-corrected chi connectivity index (χ4v) is 2.55. The predicted octanol–water partition coefficient (Wildman–Crippen LogP) is 2.75. The van der Waals surface area contributed by atoms with Crippen LogP contribution in [-0.2, 0) is 0 Å². The molecule has 0 radical (unpaired) electrons. The number of aromatic nitrogens is 1. The summed E-state index contributed by atoms with van der Waals surface area (Å²) in [6.45, 7) is 3.81. The van der Waals surface area contributed by atoms with Gasteiger partial charge in [0.1, 0.15) is 4.88 Å². The minimum absolute atomic E-state index is 0.0487. The second-order valence-electron chi connectivity index (χ2n) is 4.58. The highest BCUT2D eigenvalue weighted by atomic mass is 32.1. The van der Waals surface area contributed by atoms with Crippen molar-refractivity contribution in [1.29, 1.82) is 0 Å². The highest BCUT2D eigenvalue weighted by Gasteiger charge is 2.12. The van der Waals surface area contributed by atoms with Gasteiger partial charge in [-0.1, -0.05) is 11.8 Å². The molecule has 0 bridgehead atoms. The lowest BCUT2D eigenvalue weighted by atomic mass is 10.1. The zero-order valence-corrected chi connectivity index (χ0v) is 12.8. The maximum Gasteiger partial charge on any atom is 0.267 e. The molecule has 0 aliphatic rings. The molecule has 0 aliphatic heterocycles. The number of thiazole rings is 1. The van der Waals surface area contributed by atoms with Gasteiger partial charge in [-0.25, -0.2) is 4.98 Å². The molecular weight excluding hydrogens is 284 g/mol. The summed E-state index contributed by atoms with van der Waals surface area (Å²) in [7, 11) is 0. The largest absolute Gasteiger partial charge is 0.395 e. The Morgan fingerprint density at radius 1 is 1.38 bits per heavy atom. The summed E-state index contributed by atoms with van der Waals surface area (Å²) in [4.78, 5) is 16.9. The Balaban J connectivity index is 2.19. The first-order chi connectivity index (χ1) is 10.1. The molecule has 108 valence electrons. The number of rotatable bonds is 3. The summed E-state index contributed by atoms with van der Waals surface area (Å²) in [6.07, 6.45) is 0.440. The minimum Gasteiger partial charge on any atom is -0.395 e. The smallest absolute Gasteiger partial charge is 0.267 e. The van der Waals surface area contributed by atoms with Gasteiger partial charge in [-0.15, -0.1) is 11.3 Å². The molecule has 1 amide bonds. The van der Waals surface area contributed by atoms with Crippen LogP contribution in [0.4, 0.5) is 5.69 Å². The zero-order chi connectivity index (χ0) is 15.2. The lowest BCUT2D eigenvalue weighted by Crippen LogP contribution is -2.11. The molecule has 1 heterocycles. The molecule has 2 aromatic rings. The number of hydrogen-bond donors (Lipinski definition) is 2. The molecular formula is C16H16N2O2S. The third-order valence-electron chi connectivity index (χ3n) is 2.76. The quantitative estimate of drug-likeness (QED) is 0.857. The van der Waals surface area contributed by atoms with E-state index in [-0.39, 0.29) is 12.5 Å². The molecule has 1 aromatic heterocycles. The zero-order valence-electron chi connectivity index (χ0n) is 11.9. The standard InChI is InChI=1S/C16H16N2O2S/c1-11-7-13(5-3-4-6-19)9-14(8-11)18-16(20)15-12(2)17-10-21-15/h7-10,19H,4,6H2,1-2H3,(H,18,20). The maximum absolute atomic E-state index is 12.2. The Kier molecular flexibility index (Phi) is 5.09. The fraction of sp³-hybridized carbons (Fsp3) is 0.250. The predicted molar refractivity (Wildman–Crippen MR) is 84.6 cm³/mol. The number of aliphatic hydroxyl groups excluding tert-OH is 1. The van der Waals surface area contributed by atoms with Crippen molar-refractivity contribution in [3.05, 3.63) is 45.4 Å². The van der Waals surface area contributed by atoms with Crippen LogP contribution in [-0.4, -0.2) is 22.6 Å². The van der Waals surface area contributed by atoms with Crippen LogP contribution in [0.25, 0.3) is 0 Å². The first-order valence-corrected chi connectivity index (χ1v) is 7.41. The maximum atomic E-state index is 12.2. The van der Waals surface area contributed by atoms with Crippen LogP contribution in [0.15, 0.2) is 23.7 Å². The van der Waals surface area contributed by atoms with Gasteiger partial charge in [-0.3, -0.25) is 4.79 Å². The summed E-state index contributed by atoms with van der Waals surface area (Å²) in [5.41, 5.74) is 4.93. The molecule has 0 saturated heterocycles. The van der Waals surface area contributed by atoms with Crippen LogP contribution in [0, 0.1) is 25.7 Å². The number of benzene rings is 1. The van der Waals surface area contributed by atoms with Gasteiger partial charge >= 0.3 is 0 Å². The average molecular weight is 300 g/mol. The Morgan fingerprint density at radius 3 is 2.86 bits per heavy atom. The molecule has 0 aliphatic carbocycles. The van der Waals surface area contributed by atoms with Crippen LogP contribution in [0.2, 0.25) is 0 Å². The first-order valence-electron chi connectivity index (χ1n) is 6.53. The van der Waals surface area contributed by atoms with Crippen molar-refractivity contribution >= 4 is 22.9 Å². The van der Waals surface area contributed by atoms with E-state index in [1.54, 1.807) is 5.51 Å². The minimum atomic E-state index is -0.158. The topological polar surface area (TPSA) is 62.2 Å². The van der Waals surface area contributed by atoms with Gasteiger partial charge in [0.15, 0.2) is 0 Å². The lowest BCUT2D eigenvalue weighted by Gasteiger charge is -2.06. The Morgan fingerprint density at radius 2 is 2.19 bits per heavy atom. The van der Waals surface area contributed by atoms with E-state index in [0.29, 0.717) is 17.0 Å². The molecule has 21 heavy (non-hydrogen) atoms. The van der Waals surface area contributed by atoms with E-state index in [4.69, 9.17) is 5.11 Å². The van der Waals surface area contributed by atoms with E-state index in [0.717, 1.165) is 16.8 Å². The van der Waals surface area contributed by atoms with E-state index in [9.17, 15) is 4.79 Å². The van der Waals surface area contributed by atoms with E-state index in [2.05, 4.69) is 22.1 Å². The Bertz CT molecular complexity index is 711. The van der Waals surface area contributed by atoms with Crippen molar-refractivity contribution in [3.63, 3.8) is 0 Å². The highest BCUT2D eigenvalue weighted by molar-refractivity contribution is 7.12. The van der Waals surface area contributed by atoms with E-state index >= 15 is 0 Å². The first kappa shape index (κ1) is 15.2. The second kappa shape index (κ2) is 7.02. The molecule has 2 N–H and O–H groups in total. The van der Waals surface area contributed by atoms with Gasteiger partial charge in [0.05, 0.1) is 17.8 Å². The van der Waals surface area contributed by atoms with Crippen molar-refractivity contribution in [2.45, 2.75) is 20.3 Å². The lowest BCUT2D eigenvalue weighted by molar-refractivity contribution is 0.103. The van der Waals surface area contributed by atoms with Crippen molar-refractivity contribution in [2.24, 2.45) is 0 Å². The Hall–Kier alpha value is -2.16. The van der Waals surface area contributed by atoms with Crippen LogP contribution in [0.1, 0.15) is 32.9 Å². The number of aryl methyl sites for hydroxylation is 2. The molecule has 2 rings (SSSR count). The van der Waals surface area contributed by atoms with Crippen LogP contribution < -0.4 is 5.32 Å². The highest BCUT2D eigenvalue weighted by Crippen LogP contribution is 2.18.